The van der Waals surface area contributed by atoms with Crippen LogP contribution in [-0.4, -0.2) is 24.1 Å². The zero-order valence-electron chi connectivity index (χ0n) is 13.5. The molecule has 0 amide bonds. The third-order valence-electron chi connectivity index (χ3n) is 5.24. The van der Waals surface area contributed by atoms with Crippen molar-refractivity contribution >= 4 is 16.5 Å². The highest BCUT2D eigenvalue weighted by Crippen LogP contribution is 2.45. The summed E-state index contributed by atoms with van der Waals surface area (Å²) >= 11 is 1.82. The smallest absolute Gasteiger partial charge is 0.185 e. The first kappa shape index (κ1) is 15.3. The molecule has 118 valence electrons. The summed E-state index contributed by atoms with van der Waals surface area (Å²) in [7, 11) is 0. The van der Waals surface area contributed by atoms with E-state index >= 15 is 0 Å². The fourth-order valence-electron chi connectivity index (χ4n) is 3.81. The first-order chi connectivity index (χ1) is 10.2. The number of hydrogen-bond acceptors (Lipinski definition) is 4. The molecular formula is C17H29N3S. The second-order valence-electron chi connectivity index (χ2n) is 7.20. The van der Waals surface area contributed by atoms with Gasteiger partial charge in [-0.2, -0.15) is 0 Å². The third kappa shape index (κ3) is 3.78. The maximum absolute atomic E-state index is 4.82. The van der Waals surface area contributed by atoms with Gasteiger partial charge in [-0.1, -0.05) is 33.1 Å². The lowest BCUT2D eigenvalue weighted by Gasteiger charge is -2.44. The molecule has 2 fully saturated rings. The second-order valence-corrected chi connectivity index (χ2v) is 8.04. The van der Waals surface area contributed by atoms with E-state index in [9.17, 15) is 0 Å². The summed E-state index contributed by atoms with van der Waals surface area (Å²) in [6.45, 7) is 7.68. The average Bonchev–Trinajstić information content (AvgIpc) is 2.96. The summed E-state index contributed by atoms with van der Waals surface area (Å²) in [5.74, 6) is 0. The highest BCUT2D eigenvalue weighted by molar-refractivity contribution is 7.13. The van der Waals surface area contributed by atoms with E-state index in [1.165, 1.54) is 68.9 Å². The Labute approximate surface area is 133 Å². The van der Waals surface area contributed by atoms with Crippen LogP contribution in [0.1, 0.15) is 64.5 Å². The van der Waals surface area contributed by atoms with Gasteiger partial charge in [0.05, 0.1) is 5.69 Å². The van der Waals surface area contributed by atoms with Crippen LogP contribution < -0.4 is 10.2 Å². The van der Waals surface area contributed by atoms with E-state index in [4.69, 9.17) is 4.98 Å². The van der Waals surface area contributed by atoms with Crippen LogP contribution in [0.3, 0.4) is 0 Å². The molecule has 1 N–H and O–H groups in total. The molecule has 1 aromatic rings. The SMILES string of the molecule is CC(C)NCc1csc(N2CCC3(CCCCC3)CC2)n1. The predicted molar refractivity (Wildman–Crippen MR) is 91.1 cm³/mol. The molecule has 1 spiro atoms. The molecule has 1 aliphatic heterocycles. The van der Waals surface area contributed by atoms with Crippen molar-refractivity contribution in [1.82, 2.24) is 10.3 Å². The van der Waals surface area contributed by atoms with Gasteiger partial charge in [-0.15, -0.1) is 11.3 Å². The van der Waals surface area contributed by atoms with E-state index in [1.807, 2.05) is 11.3 Å². The Morgan fingerprint density at radius 2 is 1.90 bits per heavy atom. The molecule has 1 saturated carbocycles. The molecule has 1 saturated heterocycles. The maximum Gasteiger partial charge on any atom is 0.185 e. The number of rotatable bonds is 4. The Kier molecular flexibility index (Phi) is 4.85. The van der Waals surface area contributed by atoms with Gasteiger partial charge >= 0.3 is 0 Å². The van der Waals surface area contributed by atoms with Gasteiger partial charge in [0, 0.05) is 31.1 Å². The summed E-state index contributed by atoms with van der Waals surface area (Å²) in [6.07, 6.45) is 10.1. The third-order valence-corrected chi connectivity index (χ3v) is 6.19. The summed E-state index contributed by atoms with van der Waals surface area (Å²) < 4.78 is 0. The van der Waals surface area contributed by atoms with Crippen LogP contribution in [0.5, 0.6) is 0 Å². The Balaban J connectivity index is 1.54. The molecule has 2 aliphatic rings. The van der Waals surface area contributed by atoms with Gasteiger partial charge in [0.15, 0.2) is 5.13 Å². The second kappa shape index (κ2) is 6.66. The van der Waals surface area contributed by atoms with E-state index in [1.54, 1.807) is 0 Å². The molecule has 0 radical (unpaired) electrons. The minimum Gasteiger partial charge on any atom is -0.348 e. The van der Waals surface area contributed by atoms with Gasteiger partial charge in [-0.05, 0) is 31.1 Å². The zero-order valence-corrected chi connectivity index (χ0v) is 14.3. The normalized spacial score (nSPS) is 22.1. The molecule has 0 bridgehead atoms. The molecule has 0 atom stereocenters. The van der Waals surface area contributed by atoms with Crippen molar-refractivity contribution in [3.8, 4) is 0 Å². The molecule has 1 aliphatic carbocycles. The summed E-state index contributed by atoms with van der Waals surface area (Å²) in [6, 6.07) is 0.524. The Hall–Kier alpha value is -0.610. The Bertz CT molecular complexity index is 439. The van der Waals surface area contributed by atoms with Crippen molar-refractivity contribution in [3.05, 3.63) is 11.1 Å². The predicted octanol–water partition coefficient (Wildman–Crippen LogP) is 4.19. The van der Waals surface area contributed by atoms with Crippen molar-refractivity contribution in [2.24, 2.45) is 5.41 Å². The van der Waals surface area contributed by atoms with Crippen LogP contribution in [0.25, 0.3) is 0 Å². The van der Waals surface area contributed by atoms with Crippen molar-refractivity contribution in [2.45, 2.75) is 71.4 Å². The van der Waals surface area contributed by atoms with Gasteiger partial charge in [0.25, 0.3) is 0 Å². The van der Waals surface area contributed by atoms with Crippen LogP contribution in [0.2, 0.25) is 0 Å². The Morgan fingerprint density at radius 3 is 2.57 bits per heavy atom. The first-order valence-corrected chi connectivity index (χ1v) is 9.48. The van der Waals surface area contributed by atoms with Crippen LogP contribution in [0.15, 0.2) is 5.38 Å². The van der Waals surface area contributed by atoms with Gasteiger partial charge in [0.2, 0.25) is 0 Å². The number of nitrogens with one attached hydrogen (secondary N) is 1. The lowest BCUT2D eigenvalue weighted by atomic mass is 9.68. The number of piperidine rings is 1. The number of anilines is 1. The maximum atomic E-state index is 4.82. The van der Waals surface area contributed by atoms with Crippen molar-refractivity contribution in [1.29, 1.82) is 0 Å². The minimum atomic E-state index is 0.524. The monoisotopic (exact) mass is 307 g/mol. The van der Waals surface area contributed by atoms with Crippen LogP contribution >= 0.6 is 11.3 Å². The molecular weight excluding hydrogens is 278 g/mol. The molecule has 0 unspecified atom stereocenters. The quantitative estimate of drug-likeness (QED) is 0.904. The van der Waals surface area contributed by atoms with E-state index < -0.39 is 0 Å². The number of thiazole rings is 1. The van der Waals surface area contributed by atoms with Crippen LogP contribution in [0, 0.1) is 5.41 Å². The number of hydrogen-bond donors (Lipinski definition) is 1. The molecule has 3 nitrogen and oxygen atoms in total. The molecule has 3 rings (SSSR count). The number of aromatic nitrogens is 1. The fraction of sp³-hybridized carbons (Fsp3) is 0.824. The highest BCUT2D eigenvalue weighted by Gasteiger charge is 2.35. The lowest BCUT2D eigenvalue weighted by molar-refractivity contribution is 0.144. The average molecular weight is 308 g/mol. The molecule has 21 heavy (non-hydrogen) atoms. The van der Waals surface area contributed by atoms with Gasteiger partial charge in [-0.3, -0.25) is 0 Å². The van der Waals surface area contributed by atoms with Crippen molar-refractivity contribution in [3.63, 3.8) is 0 Å². The molecule has 4 heteroatoms. The van der Waals surface area contributed by atoms with E-state index in [2.05, 4.69) is 29.4 Å². The number of nitrogens with zero attached hydrogens (tertiary/aromatic N) is 2. The standard InChI is InChI=1S/C17H29N3S/c1-14(2)18-12-15-13-21-16(19-15)20-10-8-17(9-11-20)6-4-3-5-7-17/h13-14,18H,3-12H2,1-2H3. The summed E-state index contributed by atoms with van der Waals surface area (Å²) in [5, 5.41) is 6.91. The highest BCUT2D eigenvalue weighted by atomic mass is 32.1. The van der Waals surface area contributed by atoms with Gasteiger partial charge in [0.1, 0.15) is 0 Å². The zero-order chi connectivity index (χ0) is 14.7. The topological polar surface area (TPSA) is 28.2 Å². The minimum absolute atomic E-state index is 0.524. The van der Waals surface area contributed by atoms with Crippen molar-refractivity contribution < 1.29 is 0 Å². The molecule has 1 aromatic heterocycles. The molecule has 2 heterocycles. The summed E-state index contributed by atoms with van der Waals surface area (Å²) in [4.78, 5) is 7.34. The van der Waals surface area contributed by atoms with Gasteiger partial charge < -0.3 is 10.2 Å². The summed E-state index contributed by atoms with van der Waals surface area (Å²) in [5.41, 5.74) is 1.88. The largest absolute Gasteiger partial charge is 0.348 e. The van der Waals surface area contributed by atoms with Crippen LogP contribution in [0.4, 0.5) is 5.13 Å². The van der Waals surface area contributed by atoms with E-state index in [0.717, 1.165) is 6.54 Å². The Morgan fingerprint density at radius 1 is 1.19 bits per heavy atom. The van der Waals surface area contributed by atoms with E-state index in [-0.39, 0.29) is 0 Å². The molecule has 0 aromatic carbocycles. The van der Waals surface area contributed by atoms with Gasteiger partial charge in [-0.25, -0.2) is 4.98 Å². The fourth-order valence-corrected chi connectivity index (χ4v) is 4.68. The van der Waals surface area contributed by atoms with Crippen molar-refractivity contribution in [2.75, 3.05) is 18.0 Å². The van der Waals surface area contributed by atoms with E-state index in [0.29, 0.717) is 11.5 Å². The first-order valence-electron chi connectivity index (χ1n) is 8.60. The lowest BCUT2D eigenvalue weighted by Crippen LogP contribution is -2.41. The van der Waals surface area contributed by atoms with Crippen LogP contribution in [-0.2, 0) is 6.54 Å².